The molecule has 1 aromatic carbocycles. The van der Waals surface area contributed by atoms with Crippen molar-refractivity contribution in [3.05, 3.63) is 29.8 Å². The highest BCUT2D eigenvalue weighted by Crippen LogP contribution is 2.19. The topological polar surface area (TPSA) is 61.2 Å². The molecule has 0 aromatic heterocycles. The quantitative estimate of drug-likeness (QED) is 0.771. The molecule has 4 nitrogen and oxygen atoms in total. The third-order valence-corrected chi connectivity index (χ3v) is 4.07. The molecule has 0 saturated heterocycles. The van der Waals surface area contributed by atoms with Gasteiger partial charge in [-0.25, -0.2) is 17.2 Å². The highest BCUT2D eigenvalue weighted by atomic mass is 32.2. The summed E-state index contributed by atoms with van der Waals surface area (Å²) in [5, 5.41) is 8.48. The number of benzene rings is 1. The normalized spacial score (nSPS) is 11.5. The summed E-state index contributed by atoms with van der Waals surface area (Å²) < 4.78 is 50.6. The molecular formula is C10H10F2N2O2S. The van der Waals surface area contributed by atoms with Gasteiger partial charge >= 0.3 is 0 Å². The second kappa shape index (κ2) is 5.21. The van der Waals surface area contributed by atoms with E-state index in [-0.39, 0.29) is 13.1 Å². The minimum atomic E-state index is -4.09. The number of halogens is 2. The standard InChI is InChI=1S/C10H10F2N2O2S/c1-2-14(6-5-13)17(15,16)10-4-3-8(11)7-9(10)12/h3-4,7H,2,6H2,1H3. The fourth-order valence-electron chi connectivity index (χ4n) is 1.27. The predicted octanol–water partition coefficient (Wildman–Crippen LogP) is 1.50. The third kappa shape index (κ3) is 2.78. The Labute approximate surface area is 98.1 Å². The molecule has 17 heavy (non-hydrogen) atoms. The van der Waals surface area contributed by atoms with Crippen molar-refractivity contribution in [1.82, 2.24) is 4.31 Å². The highest BCUT2D eigenvalue weighted by molar-refractivity contribution is 7.89. The summed E-state index contributed by atoms with van der Waals surface area (Å²) in [5.74, 6) is -2.02. The molecule has 0 saturated carbocycles. The molecule has 1 rings (SSSR count). The van der Waals surface area contributed by atoms with Gasteiger partial charge in [-0.1, -0.05) is 6.92 Å². The van der Waals surface area contributed by atoms with Crippen molar-refractivity contribution in [2.45, 2.75) is 11.8 Å². The SMILES string of the molecule is CCN(CC#N)S(=O)(=O)c1ccc(F)cc1F. The van der Waals surface area contributed by atoms with Crippen LogP contribution in [0, 0.1) is 23.0 Å². The number of nitrogens with zero attached hydrogens (tertiary/aromatic N) is 2. The van der Waals surface area contributed by atoms with Crippen LogP contribution in [0.2, 0.25) is 0 Å². The van der Waals surface area contributed by atoms with E-state index in [2.05, 4.69) is 0 Å². The van der Waals surface area contributed by atoms with E-state index in [0.717, 1.165) is 16.4 Å². The first-order valence-corrected chi connectivity index (χ1v) is 6.19. The Bertz CT molecular complexity index is 552. The van der Waals surface area contributed by atoms with E-state index < -0.39 is 26.6 Å². The molecule has 0 spiro atoms. The lowest BCUT2D eigenvalue weighted by Crippen LogP contribution is -2.31. The average molecular weight is 260 g/mol. The summed E-state index contributed by atoms with van der Waals surface area (Å²) in [6.07, 6.45) is 0. The van der Waals surface area contributed by atoms with Crippen molar-refractivity contribution in [1.29, 1.82) is 5.26 Å². The van der Waals surface area contributed by atoms with Crippen molar-refractivity contribution in [2.24, 2.45) is 0 Å². The van der Waals surface area contributed by atoms with Gasteiger partial charge in [-0.2, -0.15) is 9.57 Å². The van der Waals surface area contributed by atoms with E-state index in [1.54, 1.807) is 6.07 Å². The van der Waals surface area contributed by atoms with Crippen LogP contribution in [0.5, 0.6) is 0 Å². The first kappa shape index (κ1) is 13.5. The summed E-state index contributed by atoms with van der Waals surface area (Å²) in [6, 6.07) is 3.87. The van der Waals surface area contributed by atoms with Crippen molar-refractivity contribution < 1.29 is 17.2 Å². The van der Waals surface area contributed by atoms with E-state index in [1.807, 2.05) is 0 Å². The zero-order chi connectivity index (χ0) is 13.1. The summed E-state index contributed by atoms with van der Waals surface area (Å²) in [6.45, 7) is 1.18. The lowest BCUT2D eigenvalue weighted by molar-refractivity contribution is 0.455. The molecule has 0 fully saturated rings. The molecule has 0 amide bonds. The Kier molecular flexibility index (Phi) is 4.15. The van der Waals surface area contributed by atoms with Gasteiger partial charge in [-0.3, -0.25) is 0 Å². The largest absolute Gasteiger partial charge is 0.246 e. The molecule has 0 atom stereocenters. The molecule has 0 heterocycles. The second-order valence-corrected chi connectivity index (χ2v) is 5.07. The minimum Gasteiger partial charge on any atom is -0.207 e. The number of hydrogen-bond donors (Lipinski definition) is 0. The van der Waals surface area contributed by atoms with Gasteiger partial charge < -0.3 is 0 Å². The monoisotopic (exact) mass is 260 g/mol. The van der Waals surface area contributed by atoms with Gasteiger partial charge in [0.05, 0.1) is 6.07 Å². The van der Waals surface area contributed by atoms with Crippen LogP contribution in [0.3, 0.4) is 0 Å². The van der Waals surface area contributed by atoms with E-state index in [1.165, 1.54) is 6.92 Å². The zero-order valence-electron chi connectivity index (χ0n) is 9.02. The Morgan fingerprint density at radius 1 is 1.41 bits per heavy atom. The van der Waals surface area contributed by atoms with Gasteiger partial charge in [-0.15, -0.1) is 0 Å². The van der Waals surface area contributed by atoms with E-state index >= 15 is 0 Å². The maximum absolute atomic E-state index is 13.4. The molecule has 0 radical (unpaired) electrons. The van der Waals surface area contributed by atoms with Gasteiger partial charge in [0.2, 0.25) is 10.0 Å². The lowest BCUT2D eigenvalue weighted by Gasteiger charge is -2.17. The van der Waals surface area contributed by atoms with E-state index in [9.17, 15) is 17.2 Å². The van der Waals surface area contributed by atoms with Crippen LogP contribution < -0.4 is 0 Å². The van der Waals surface area contributed by atoms with Gasteiger partial charge in [0, 0.05) is 12.6 Å². The Morgan fingerprint density at radius 3 is 2.53 bits per heavy atom. The van der Waals surface area contributed by atoms with Crippen LogP contribution in [0.25, 0.3) is 0 Å². The molecule has 0 bridgehead atoms. The maximum atomic E-state index is 13.4. The van der Waals surface area contributed by atoms with Gasteiger partial charge in [0.15, 0.2) is 0 Å². The van der Waals surface area contributed by atoms with Crippen LogP contribution in [0.4, 0.5) is 8.78 Å². The molecule has 0 N–H and O–H groups in total. The fraction of sp³-hybridized carbons (Fsp3) is 0.300. The zero-order valence-corrected chi connectivity index (χ0v) is 9.84. The summed E-state index contributed by atoms with van der Waals surface area (Å²) in [4.78, 5) is -0.629. The van der Waals surface area contributed by atoms with Crippen molar-refractivity contribution in [2.75, 3.05) is 13.1 Å². The summed E-state index contributed by atoms with van der Waals surface area (Å²) in [5.41, 5.74) is 0. The summed E-state index contributed by atoms with van der Waals surface area (Å²) in [7, 11) is -4.09. The van der Waals surface area contributed by atoms with Crippen LogP contribution in [-0.4, -0.2) is 25.8 Å². The molecule has 0 aliphatic rings. The average Bonchev–Trinajstić information content (AvgIpc) is 2.24. The molecule has 0 unspecified atom stereocenters. The molecule has 1 aromatic rings. The number of rotatable bonds is 4. The molecule has 0 aliphatic carbocycles. The first-order chi connectivity index (χ1) is 7.93. The van der Waals surface area contributed by atoms with E-state index in [0.29, 0.717) is 6.07 Å². The second-order valence-electron chi connectivity index (χ2n) is 3.16. The van der Waals surface area contributed by atoms with Crippen LogP contribution in [0.15, 0.2) is 23.1 Å². The number of nitriles is 1. The van der Waals surface area contributed by atoms with Crippen molar-refractivity contribution in [3.8, 4) is 6.07 Å². The van der Waals surface area contributed by atoms with Gasteiger partial charge in [-0.05, 0) is 12.1 Å². The minimum absolute atomic E-state index is 0.0344. The van der Waals surface area contributed by atoms with Gasteiger partial charge in [0.1, 0.15) is 23.1 Å². The number of sulfonamides is 1. The Hall–Kier alpha value is -1.52. The van der Waals surface area contributed by atoms with E-state index in [4.69, 9.17) is 5.26 Å². The molecule has 7 heteroatoms. The maximum Gasteiger partial charge on any atom is 0.246 e. The Balaban J connectivity index is 3.26. The molecule has 0 aliphatic heterocycles. The Morgan fingerprint density at radius 2 is 2.06 bits per heavy atom. The molecule has 92 valence electrons. The highest BCUT2D eigenvalue weighted by Gasteiger charge is 2.26. The molecular weight excluding hydrogens is 250 g/mol. The lowest BCUT2D eigenvalue weighted by atomic mass is 10.3. The number of hydrogen-bond acceptors (Lipinski definition) is 3. The van der Waals surface area contributed by atoms with Crippen LogP contribution >= 0.6 is 0 Å². The van der Waals surface area contributed by atoms with Crippen LogP contribution in [0.1, 0.15) is 6.92 Å². The third-order valence-electron chi connectivity index (χ3n) is 2.11. The van der Waals surface area contributed by atoms with Crippen LogP contribution in [-0.2, 0) is 10.0 Å². The summed E-state index contributed by atoms with van der Waals surface area (Å²) >= 11 is 0. The smallest absolute Gasteiger partial charge is 0.207 e. The fourth-order valence-corrected chi connectivity index (χ4v) is 2.66. The van der Waals surface area contributed by atoms with Gasteiger partial charge in [0.25, 0.3) is 0 Å². The predicted molar refractivity (Wildman–Crippen MR) is 56.4 cm³/mol. The van der Waals surface area contributed by atoms with Crippen molar-refractivity contribution in [3.63, 3.8) is 0 Å². The van der Waals surface area contributed by atoms with Crippen molar-refractivity contribution >= 4 is 10.0 Å². The first-order valence-electron chi connectivity index (χ1n) is 4.75.